The van der Waals surface area contributed by atoms with E-state index in [0.717, 1.165) is 17.4 Å². The summed E-state index contributed by atoms with van der Waals surface area (Å²) in [5.74, 6) is 0. The summed E-state index contributed by atoms with van der Waals surface area (Å²) >= 11 is 0. The molecule has 4 atom stereocenters. The molecule has 1 fully saturated rings. The Bertz CT molecular complexity index is 1220. The van der Waals surface area contributed by atoms with E-state index in [2.05, 4.69) is 21.9 Å². The zero-order valence-electron chi connectivity index (χ0n) is 26.9. The summed E-state index contributed by atoms with van der Waals surface area (Å²) in [5.41, 5.74) is 6.44. The van der Waals surface area contributed by atoms with Crippen molar-refractivity contribution in [3.8, 4) is 0 Å². The molecule has 1 aliphatic rings. The van der Waals surface area contributed by atoms with Gasteiger partial charge in [0.05, 0.1) is 12.6 Å². The quantitative estimate of drug-likeness (QED) is 0.0364. The van der Waals surface area contributed by atoms with Crippen LogP contribution in [-0.2, 0) is 23.3 Å². The van der Waals surface area contributed by atoms with E-state index in [1.54, 1.807) is 0 Å². The molecule has 1 aromatic rings. The first kappa shape index (κ1) is 38.7. The van der Waals surface area contributed by atoms with Crippen molar-refractivity contribution in [3.63, 3.8) is 0 Å². The predicted octanol–water partition coefficient (Wildman–Crippen LogP) is 7.04. The molecule has 1 aromatic heterocycles. The van der Waals surface area contributed by atoms with Gasteiger partial charge in [-0.2, -0.15) is 0 Å². The van der Waals surface area contributed by atoms with E-state index in [0.29, 0.717) is 19.6 Å². The van der Waals surface area contributed by atoms with Gasteiger partial charge >= 0.3 is 19.0 Å². The van der Waals surface area contributed by atoms with Crippen LogP contribution in [0.2, 0.25) is 0 Å². The van der Waals surface area contributed by atoms with Crippen LogP contribution < -0.4 is 11.2 Å². The number of aromatic nitrogens is 2. The van der Waals surface area contributed by atoms with Crippen molar-refractivity contribution >= 4 is 13.3 Å². The van der Waals surface area contributed by atoms with Gasteiger partial charge in [0.15, 0.2) is 0 Å². The third kappa shape index (κ3) is 15.1. The minimum atomic E-state index is -4.73. The molecule has 0 spiro atoms. The van der Waals surface area contributed by atoms with Crippen LogP contribution in [0.5, 0.6) is 0 Å². The summed E-state index contributed by atoms with van der Waals surface area (Å²) in [6.07, 6.45) is 17.8. The highest BCUT2D eigenvalue weighted by atomic mass is 31.2. The predicted molar refractivity (Wildman–Crippen MR) is 170 cm³/mol. The van der Waals surface area contributed by atoms with Crippen LogP contribution in [0, 0.1) is 6.92 Å². The second kappa shape index (κ2) is 22.1. The highest BCUT2D eigenvalue weighted by Crippen LogP contribution is 2.44. The fraction of sp³-hybridized carbons (Fsp3) is 0.833. The molecular formula is C30H52N5O9P. The largest absolute Gasteiger partial charge is 0.454 e. The third-order valence-corrected chi connectivity index (χ3v) is 8.93. The molecule has 0 amide bonds. The van der Waals surface area contributed by atoms with Crippen LogP contribution in [0.15, 0.2) is 20.9 Å². The molecule has 45 heavy (non-hydrogen) atoms. The van der Waals surface area contributed by atoms with E-state index in [-0.39, 0.29) is 18.6 Å². The average molecular weight is 658 g/mol. The topological polar surface area (TPSA) is 195 Å². The van der Waals surface area contributed by atoms with Crippen LogP contribution in [0.25, 0.3) is 10.4 Å². The van der Waals surface area contributed by atoms with Crippen LogP contribution in [0.1, 0.15) is 121 Å². The molecule has 2 rings (SSSR count). The van der Waals surface area contributed by atoms with Crippen molar-refractivity contribution in [2.75, 3.05) is 26.4 Å². The van der Waals surface area contributed by atoms with Gasteiger partial charge in [-0.15, -0.1) is 0 Å². The number of carbonyl (C=O) groups is 1. The summed E-state index contributed by atoms with van der Waals surface area (Å²) in [4.78, 5) is 51.0. The zero-order valence-corrected chi connectivity index (χ0v) is 27.8. The summed E-state index contributed by atoms with van der Waals surface area (Å²) in [6.45, 7) is 4.03. The Kier molecular flexibility index (Phi) is 19.0. The second-order valence-electron chi connectivity index (χ2n) is 11.6. The van der Waals surface area contributed by atoms with Crippen LogP contribution in [0.3, 0.4) is 0 Å². The van der Waals surface area contributed by atoms with E-state index in [1.165, 1.54) is 90.2 Å². The number of H-pyrrole nitrogens is 1. The number of aromatic amines is 1. The normalized spacial score (nSPS) is 19.2. The minimum Gasteiger partial charge on any atom is -0.454 e. The van der Waals surface area contributed by atoms with E-state index < -0.39 is 49.5 Å². The average Bonchev–Trinajstić information content (AvgIpc) is 3.41. The first-order chi connectivity index (χ1) is 21.7. The second-order valence-corrected chi connectivity index (χ2v) is 13.3. The summed E-state index contributed by atoms with van der Waals surface area (Å²) < 4.78 is 34.6. The number of rotatable bonds is 25. The first-order valence-electron chi connectivity index (χ1n) is 16.4. The van der Waals surface area contributed by atoms with Gasteiger partial charge < -0.3 is 23.6 Å². The smallest absolute Gasteiger partial charge is 0.435 e. The first-order valence-corrected chi connectivity index (χ1v) is 18.0. The molecule has 15 heteroatoms. The Morgan fingerprint density at radius 1 is 1.02 bits per heavy atom. The van der Waals surface area contributed by atoms with Crippen molar-refractivity contribution in [1.82, 2.24) is 9.55 Å². The maximum absolute atomic E-state index is 12.3. The van der Waals surface area contributed by atoms with E-state index in [1.807, 2.05) is 0 Å². The highest BCUT2D eigenvalue weighted by molar-refractivity contribution is 7.70. The van der Waals surface area contributed by atoms with Crippen molar-refractivity contribution in [2.45, 2.75) is 135 Å². The Morgan fingerprint density at radius 3 is 2.20 bits per heavy atom. The lowest BCUT2D eigenvalue weighted by Gasteiger charge is -2.17. The molecule has 0 aliphatic carbocycles. The van der Waals surface area contributed by atoms with Crippen LogP contribution in [0.4, 0.5) is 4.79 Å². The van der Waals surface area contributed by atoms with Gasteiger partial charge in [0, 0.05) is 36.3 Å². The summed E-state index contributed by atoms with van der Waals surface area (Å²) in [7, 11) is -4.73. The number of nitrogens with zero attached hydrogens (tertiary/aromatic N) is 4. The number of hydrogen-bond acceptors (Lipinski definition) is 9. The fourth-order valence-corrected chi connectivity index (χ4v) is 5.88. The Morgan fingerprint density at radius 2 is 1.60 bits per heavy atom. The van der Waals surface area contributed by atoms with Gasteiger partial charge in [0.1, 0.15) is 18.9 Å². The van der Waals surface area contributed by atoms with Crippen molar-refractivity contribution in [3.05, 3.63) is 43.0 Å². The summed E-state index contributed by atoms with van der Waals surface area (Å²) in [5, 5.41) is 3.62. The number of carbonyl (C=O) groups excluding carboxylic acids is 1. The van der Waals surface area contributed by atoms with Crippen molar-refractivity contribution in [1.29, 1.82) is 0 Å². The molecule has 256 valence electrons. The Hall–Kier alpha value is -2.47. The lowest BCUT2D eigenvalue weighted by Crippen LogP contribution is -2.33. The third-order valence-electron chi connectivity index (χ3n) is 7.80. The Balaban J connectivity index is 1.53. The van der Waals surface area contributed by atoms with Gasteiger partial charge in [0.2, 0.25) is 0 Å². The van der Waals surface area contributed by atoms with Gasteiger partial charge in [-0.05, 0) is 25.3 Å². The standard InChI is InChI=1S/C30H52N5O9P/c1-3-4-5-6-7-8-9-10-11-12-13-14-15-16-18-41-19-17-20-43-45(39,40)30(38)42-23-26-25(33-34-31)21-27(44-26)35-22-24(2)28(36)32-29(35)37/h22,25-27H,3-21,23H2,1-2H3,(H,39,40)(H,32,36,37). The SMILES string of the molecule is CCCCCCCCCCCCCCCCOCCCOP(=O)(O)C(=O)OCC1OC(n2cc(C)c(=O)[nH]c2=O)CC1N=[N+]=[N-]. The van der Waals surface area contributed by atoms with E-state index in [4.69, 9.17) is 24.3 Å². The molecule has 4 unspecified atom stereocenters. The fourth-order valence-electron chi connectivity index (χ4n) is 5.16. The lowest BCUT2D eigenvalue weighted by molar-refractivity contribution is -0.0287. The molecule has 14 nitrogen and oxygen atoms in total. The number of azide groups is 1. The zero-order chi connectivity index (χ0) is 32.9. The number of aryl methyl sites for hydroxylation is 1. The van der Waals surface area contributed by atoms with Gasteiger partial charge in [-0.3, -0.25) is 14.3 Å². The monoisotopic (exact) mass is 657 g/mol. The lowest BCUT2D eigenvalue weighted by atomic mass is 10.0. The van der Waals surface area contributed by atoms with E-state index in [9.17, 15) is 23.8 Å². The molecule has 0 saturated carbocycles. The molecule has 0 aromatic carbocycles. The maximum Gasteiger partial charge on any atom is 0.435 e. The van der Waals surface area contributed by atoms with Gasteiger partial charge in [-0.25, -0.2) is 14.2 Å². The highest BCUT2D eigenvalue weighted by Gasteiger charge is 2.39. The molecule has 1 aliphatic heterocycles. The van der Waals surface area contributed by atoms with Crippen LogP contribution >= 0.6 is 7.60 Å². The molecule has 2 N–H and O–H groups in total. The van der Waals surface area contributed by atoms with Gasteiger partial charge in [-0.1, -0.05) is 95.5 Å². The van der Waals surface area contributed by atoms with E-state index >= 15 is 0 Å². The Labute approximate surface area is 265 Å². The maximum atomic E-state index is 12.3. The molecule has 0 radical (unpaired) electrons. The number of unbranched alkanes of at least 4 members (excludes halogenated alkanes) is 13. The van der Waals surface area contributed by atoms with Crippen molar-refractivity contribution in [2.24, 2.45) is 5.11 Å². The van der Waals surface area contributed by atoms with Crippen LogP contribution in [-0.4, -0.2) is 58.7 Å². The summed E-state index contributed by atoms with van der Waals surface area (Å²) in [6, 6.07) is -0.831. The van der Waals surface area contributed by atoms with Gasteiger partial charge in [0.25, 0.3) is 5.56 Å². The molecule has 2 heterocycles. The molecular weight excluding hydrogens is 605 g/mol. The molecule has 1 saturated heterocycles. The molecule has 0 bridgehead atoms. The van der Waals surface area contributed by atoms with Crippen molar-refractivity contribution < 1.29 is 33.0 Å². The number of ether oxygens (including phenoxy) is 3. The minimum absolute atomic E-state index is 0.0598. The number of nitrogens with one attached hydrogen (secondary N) is 1. The number of hydrogen-bond donors (Lipinski definition) is 2.